The van der Waals surface area contributed by atoms with Crippen molar-refractivity contribution in [2.75, 3.05) is 0 Å². The maximum absolute atomic E-state index is 12.4. The molecule has 1 aromatic rings. The minimum atomic E-state index is -4.92. The molecule has 1 amide bonds. The van der Waals surface area contributed by atoms with Crippen LogP contribution in [0.5, 0.6) is 0 Å². The fraction of sp³-hybridized carbons (Fsp3) is 0.300. The van der Waals surface area contributed by atoms with Crippen LogP contribution in [0.25, 0.3) is 0 Å². The fourth-order valence-corrected chi connectivity index (χ4v) is 1.32. The number of primary amides is 1. The Morgan fingerprint density at radius 2 is 1.32 bits per heavy atom. The van der Waals surface area contributed by atoms with Crippen LogP contribution in [0.2, 0.25) is 0 Å². The lowest BCUT2D eigenvalue weighted by atomic mass is 10.0. The molecule has 0 aliphatic rings. The Bertz CT molecular complexity index is 436. The molecule has 9 heteroatoms. The Kier molecular flexibility index (Phi) is 5.25. The average Bonchev–Trinajstić information content (AvgIpc) is 2.13. The molecule has 0 aliphatic carbocycles. The molecule has 0 aliphatic heterocycles. The van der Waals surface area contributed by atoms with Gasteiger partial charge in [0.1, 0.15) is 0 Å². The van der Waals surface area contributed by atoms with Gasteiger partial charge in [0.05, 0.1) is 17.5 Å². The van der Waals surface area contributed by atoms with Crippen molar-refractivity contribution < 1.29 is 31.1 Å². The number of benzene rings is 1. The summed E-state index contributed by atoms with van der Waals surface area (Å²) in [6.07, 6.45) is -10.5. The third-order valence-electron chi connectivity index (χ3n) is 2.03. The summed E-state index contributed by atoms with van der Waals surface area (Å²) >= 11 is 0. The van der Waals surface area contributed by atoms with Crippen LogP contribution in [0, 0.1) is 0 Å². The van der Waals surface area contributed by atoms with Crippen LogP contribution in [0.3, 0.4) is 0 Å². The van der Waals surface area contributed by atoms with Crippen LogP contribution >= 0.6 is 12.4 Å². The van der Waals surface area contributed by atoms with Crippen molar-refractivity contribution in [1.29, 1.82) is 0 Å². The zero-order valence-electron chi connectivity index (χ0n) is 9.10. The van der Waals surface area contributed by atoms with Gasteiger partial charge in [-0.3, -0.25) is 4.79 Å². The van der Waals surface area contributed by atoms with Gasteiger partial charge in [0, 0.05) is 0 Å². The van der Waals surface area contributed by atoms with Crippen molar-refractivity contribution in [3.8, 4) is 0 Å². The molecule has 1 rings (SSSR count). The second-order valence-electron chi connectivity index (χ2n) is 3.56. The van der Waals surface area contributed by atoms with E-state index >= 15 is 0 Å². The molecule has 19 heavy (non-hydrogen) atoms. The largest absolute Gasteiger partial charge is 0.416 e. The lowest BCUT2D eigenvalue weighted by Gasteiger charge is -2.13. The van der Waals surface area contributed by atoms with Crippen molar-refractivity contribution in [1.82, 2.24) is 0 Å². The zero-order valence-corrected chi connectivity index (χ0v) is 9.92. The molecule has 2 N–H and O–H groups in total. The molecule has 0 heterocycles. The van der Waals surface area contributed by atoms with Crippen molar-refractivity contribution in [3.63, 3.8) is 0 Å². The number of carbonyl (C=O) groups excluding carboxylic acids is 1. The van der Waals surface area contributed by atoms with Gasteiger partial charge in [-0.2, -0.15) is 26.3 Å². The van der Waals surface area contributed by atoms with Gasteiger partial charge in [-0.05, 0) is 23.8 Å². The molecule has 0 unspecified atom stereocenters. The predicted octanol–water partition coefficient (Wildman–Crippen LogP) is 3.17. The average molecular weight is 308 g/mol. The Hall–Kier alpha value is -1.44. The van der Waals surface area contributed by atoms with Crippen LogP contribution in [-0.2, 0) is 23.6 Å². The van der Waals surface area contributed by atoms with E-state index in [0.717, 1.165) is 0 Å². The van der Waals surface area contributed by atoms with Crippen LogP contribution in [-0.4, -0.2) is 5.91 Å². The summed E-state index contributed by atoms with van der Waals surface area (Å²) < 4.78 is 74.3. The third kappa shape index (κ3) is 4.98. The number of nitrogens with two attached hydrogens (primary N) is 1. The van der Waals surface area contributed by atoms with E-state index in [1.165, 1.54) is 0 Å². The number of hydrogen-bond acceptors (Lipinski definition) is 1. The summed E-state index contributed by atoms with van der Waals surface area (Å²) in [5, 5.41) is 0. The van der Waals surface area contributed by atoms with Crippen LogP contribution < -0.4 is 5.73 Å². The smallest absolute Gasteiger partial charge is 0.369 e. The van der Waals surface area contributed by atoms with Crippen LogP contribution in [0.1, 0.15) is 16.7 Å². The number of carbonyl (C=O) groups is 1. The number of alkyl halides is 6. The molecule has 108 valence electrons. The molecule has 0 spiro atoms. The highest BCUT2D eigenvalue weighted by Crippen LogP contribution is 2.36. The molecular weight excluding hydrogens is 300 g/mol. The predicted molar refractivity (Wildman–Crippen MR) is 56.6 cm³/mol. The first-order chi connectivity index (χ1) is 8.00. The second-order valence-corrected chi connectivity index (χ2v) is 3.56. The van der Waals surface area contributed by atoms with Gasteiger partial charge in [0.15, 0.2) is 0 Å². The number of hydrogen-bond donors (Lipinski definition) is 1. The summed E-state index contributed by atoms with van der Waals surface area (Å²) in [5.41, 5.74) is 1.39. The first kappa shape index (κ1) is 17.6. The van der Waals surface area contributed by atoms with E-state index < -0.39 is 41.4 Å². The lowest BCUT2D eigenvalue weighted by molar-refractivity contribution is -0.143. The maximum atomic E-state index is 12.4. The minimum absolute atomic E-state index is 0. The van der Waals surface area contributed by atoms with E-state index in [-0.39, 0.29) is 18.5 Å². The van der Waals surface area contributed by atoms with Crippen molar-refractivity contribution in [3.05, 3.63) is 34.9 Å². The van der Waals surface area contributed by atoms with Gasteiger partial charge in [0.25, 0.3) is 0 Å². The highest BCUT2D eigenvalue weighted by Gasteiger charge is 2.36. The van der Waals surface area contributed by atoms with E-state index in [1.54, 1.807) is 0 Å². The first-order valence-corrected chi connectivity index (χ1v) is 4.57. The van der Waals surface area contributed by atoms with E-state index in [0.29, 0.717) is 12.1 Å². The summed E-state index contributed by atoms with van der Waals surface area (Å²) in [7, 11) is 0. The van der Waals surface area contributed by atoms with Crippen molar-refractivity contribution in [2.45, 2.75) is 18.8 Å². The monoisotopic (exact) mass is 307 g/mol. The summed E-state index contributed by atoms with van der Waals surface area (Å²) in [6.45, 7) is 0. The number of halogens is 7. The summed E-state index contributed by atoms with van der Waals surface area (Å²) in [4.78, 5) is 10.6. The van der Waals surface area contributed by atoms with Crippen LogP contribution in [0.15, 0.2) is 18.2 Å². The Labute approximate surface area is 110 Å². The molecule has 2 nitrogen and oxygen atoms in total. The number of rotatable bonds is 2. The second kappa shape index (κ2) is 5.68. The van der Waals surface area contributed by atoms with Gasteiger partial charge in [-0.1, -0.05) is 0 Å². The molecule has 0 saturated carbocycles. The van der Waals surface area contributed by atoms with E-state index in [2.05, 4.69) is 0 Å². The van der Waals surface area contributed by atoms with E-state index in [1.807, 2.05) is 0 Å². The zero-order chi connectivity index (χ0) is 14.1. The Balaban J connectivity index is 0.00000324. The molecule has 0 fully saturated rings. The summed E-state index contributed by atoms with van der Waals surface area (Å²) in [6, 6.07) is 0.935. The number of amides is 1. The maximum Gasteiger partial charge on any atom is 0.416 e. The van der Waals surface area contributed by atoms with Crippen molar-refractivity contribution >= 4 is 18.3 Å². The SMILES string of the molecule is Cl.NC(=O)Cc1cc(C(F)(F)F)cc(C(F)(F)F)c1. The molecule has 1 aromatic carbocycles. The molecule has 0 radical (unpaired) electrons. The normalized spacial score (nSPS) is 11.9. The van der Waals surface area contributed by atoms with Gasteiger partial charge in [-0.15, -0.1) is 12.4 Å². The third-order valence-corrected chi connectivity index (χ3v) is 2.03. The van der Waals surface area contributed by atoms with E-state index in [9.17, 15) is 31.1 Å². The first-order valence-electron chi connectivity index (χ1n) is 4.57. The minimum Gasteiger partial charge on any atom is -0.369 e. The highest BCUT2D eigenvalue weighted by atomic mass is 35.5. The molecular formula is C10H8ClF6NO. The lowest BCUT2D eigenvalue weighted by Crippen LogP contribution is -2.16. The van der Waals surface area contributed by atoms with Crippen molar-refractivity contribution in [2.24, 2.45) is 5.73 Å². The molecule has 0 saturated heterocycles. The van der Waals surface area contributed by atoms with Gasteiger partial charge >= 0.3 is 12.4 Å². The van der Waals surface area contributed by atoms with E-state index in [4.69, 9.17) is 5.73 Å². The molecule has 0 bridgehead atoms. The van der Waals surface area contributed by atoms with Gasteiger partial charge in [-0.25, -0.2) is 0 Å². The van der Waals surface area contributed by atoms with Crippen LogP contribution in [0.4, 0.5) is 26.3 Å². The topological polar surface area (TPSA) is 43.1 Å². The molecule has 0 aromatic heterocycles. The molecule has 0 atom stereocenters. The van der Waals surface area contributed by atoms with Gasteiger partial charge < -0.3 is 5.73 Å². The Morgan fingerprint density at radius 3 is 1.58 bits per heavy atom. The Morgan fingerprint density at radius 1 is 0.947 bits per heavy atom. The fourth-order valence-electron chi connectivity index (χ4n) is 1.32. The van der Waals surface area contributed by atoms with Gasteiger partial charge in [0.2, 0.25) is 5.91 Å². The highest BCUT2D eigenvalue weighted by molar-refractivity contribution is 5.85. The standard InChI is InChI=1S/C10H7F6NO.ClH/c11-9(12,13)6-1-5(3-8(17)18)2-7(4-6)10(14,15)16;/h1-2,4H,3H2,(H2,17,18);1H. The summed E-state index contributed by atoms with van der Waals surface area (Å²) in [5.74, 6) is -1.01. The quantitative estimate of drug-likeness (QED) is 0.838.